The summed E-state index contributed by atoms with van der Waals surface area (Å²) in [4.78, 5) is 28.5. The monoisotopic (exact) mass is 464 g/mol. The highest BCUT2D eigenvalue weighted by Gasteiger charge is 2.31. The molecular formula is C28H30F2N2O2. The van der Waals surface area contributed by atoms with Crippen molar-refractivity contribution in [3.8, 4) is 0 Å². The molecule has 0 aromatic heterocycles. The molecule has 3 rings (SSSR count). The van der Waals surface area contributed by atoms with E-state index in [0.717, 1.165) is 12.0 Å². The van der Waals surface area contributed by atoms with Crippen molar-refractivity contribution in [3.63, 3.8) is 0 Å². The summed E-state index contributed by atoms with van der Waals surface area (Å²) < 4.78 is 26.8. The molecule has 0 heterocycles. The number of rotatable bonds is 10. The average molecular weight is 465 g/mol. The molecule has 2 amide bonds. The van der Waals surface area contributed by atoms with Crippen LogP contribution in [0.3, 0.4) is 0 Å². The van der Waals surface area contributed by atoms with Crippen molar-refractivity contribution in [2.75, 3.05) is 0 Å². The van der Waals surface area contributed by atoms with E-state index in [2.05, 4.69) is 5.32 Å². The molecule has 0 bridgehead atoms. The summed E-state index contributed by atoms with van der Waals surface area (Å²) in [6.45, 7) is 4.04. The largest absolute Gasteiger partial charge is 0.352 e. The average Bonchev–Trinajstić information content (AvgIpc) is 2.84. The second kappa shape index (κ2) is 12.1. The predicted octanol–water partition coefficient (Wildman–Crippen LogP) is 5.06. The summed E-state index contributed by atoms with van der Waals surface area (Å²) in [5, 5.41) is 3.01. The number of nitrogens with zero attached hydrogens (tertiary/aromatic N) is 1. The minimum absolute atomic E-state index is 0.0172. The Kier molecular flexibility index (Phi) is 8.91. The molecule has 0 fully saturated rings. The van der Waals surface area contributed by atoms with Crippen molar-refractivity contribution >= 4 is 11.8 Å². The van der Waals surface area contributed by atoms with Gasteiger partial charge in [-0.05, 0) is 54.3 Å². The quantitative estimate of drug-likeness (QED) is 0.456. The van der Waals surface area contributed by atoms with Crippen molar-refractivity contribution in [2.45, 2.75) is 51.7 Å². The summed E-state index contributed by atoms with van der Waals surface area (Å²) in [7, 11) is 0. The molecule has 3 aromatic carbocycles. The Morgan fingerprint density at radius 1 is 0.824 bits per heavy atom. The van der Waals surface area contributed by atoms with Crippen LogP contribution in [-0.4, -0.2) is 28.8 Å². The third kappa shape index (κ3) is 7.24. The summed E-state index contributed by atoms with van der Waals surface area (Å²) >= 11 is 0. The number of carbonyl (C=O) groups is 2. The van der Waals surface area contributed by atoms with Gasteiger partial charge in [0.1, 0.15) is 17.7 Å². The maximum atomic E-state index is 13.5. The maximum absolute atomic E-state index is 13.5. The normalized spacial score (nSPS) is 12.6. The lowest BCUT2D eigenvalue weighted by Crippen LogP contribution is -2.52. The van der Waals surface area contributed by atoms with Gasteiger partial charge >= 0.3 is 0 Å². The summed E-state index contributed by atoms with van der Waals surface area (Å²) in [5.41, 5.74) is 2.28. The van der Waals surface area contributed by atoms with Gasteiger partial charge in [0.15, 0.2) is 0 Å². The van der Waals surface area contributed by atoms with E-state index in [1.165, 1.54) is 24.3 Å². The van der Waals surface area contributed by atoms with Gasteiger partial charge in [-0.15, -0.1) is 0 Å². The third-order valence-corrected chi connectivity index (χ3v) is 5.81. The summed E-state index contributed by atoms with van der Waals surface area (Å²) in [6, 6.07) is 20.3. The van der Waals surface area contributed by atoms with Crippen LogP contribution in [0.4, 0.5) is 8.78 Å². The van der Waals surface area contributed by atoms with Crippen LogP contribution in [0.25, 0.3) is 0 Å². The fraction of sp³-hybridized carbons (Fsp3) is 0.286. The van der Waals surface area contributed by atoms with E-state index < -0.39 is 6.04 Å². The molecule has 0 spiro atoms. The number of nitrogens with one attached hydrogen (secondary N) is 1. The van der Waals surface area contributed by atoms with Gasteiger partial charge in [-0.25, -0.2) is 8.78 Å². The molecule has 6 heteroatoms. The van der Waals surface area contributed by atoms with Crippen molar-refractivity contribution in [2.24, 2.45) is 0 Å². The van der Waals surface area contributed by atoms with Crippen LogP contribution in [-0.2, 0) is 29.0 Å². The lowest BCUT2D eigenvalue weighted by Gasteiger charge is -2.32. The number of benzene rings is 3. The molecule has 0 aliphatic carbocycles. The molecule has 0 aliphatic heterocycles. The Bertz CT molecular complexity index is 1070. The van der Waals surface area contributed by atoms with Gasteiger partial charge in [-0.1, -0.05) is 61.5 Å². The highest BCUT2D eigenvalue weighted by atomic mass is 19.1. The Balaban J connectivity index is 1.95. The van der Waals surface area contributed by atoms with Gasteiger partial charge in [-0.2, -0.15) is 0 Å². The second-order valence-electron chi connectivity index (χ2n) is 8.47. The van der Waals surface area contributed by atoms with Gasteiger partial charge in [0.2, 0.25) is 11.8 Å². The van der Waals surface area contributed by atoms with E-state index >= 15 is 0 Å². The van der Waals surface area contributed by atoms with Crippen molar-refractivity contribution in [3.05, 3.63) is 107 Å². The molecule has 3 aromatic rings. The molecule has 1 N–H and O–H groups in total. The maximum Gasteiger partial charge on any atom is 0.243 e. The van der Waals surface area contributed by atoms with E-state index in [4.69, 9.17) is 0 Å². The SMILES string of the molecule is CC[C@@H](C)NC(=O)[C@H](Cc1ccccc1)N(Cc1ccc(F)cc1)C(=O)Cc1ccc(F)cc1. The van der Waals surface area contributed by atoms with Crippen LogP contribution in [0.2, 0.25) is 0 Å². The molecule has 34 heavy (non-hydrogen) atoms. The minimum atomic E-state index is -0.769. The molecule has 178 valence electrons. The number of halogens is 2. The van der Waals surface area contributed by atoms with E-state index in [9.17, 15) is 18.4 Å². The highest BCUT2D eigenvalue weighted by Crippen LogP contribution is 2.17. The Labute approximate surface area is 199 Å². The summed E-state index contributed by atoms with van der Waals surface area (Å²) in [6.07, 6.45) is 1.11. The molecule has 2 atom stereocenters. The fourth-order valence-electron chi connectivity index (χ4n) is 3.66. The third-order valence-electron chi connectivity index (χ3n) is 5.81. The van der Waals surface area contributed by atoms with Crippen LogP contribution in [0.5, 0.6) is 0 Å². The first-order valence-corrected chi connectivity index (χ1v) is 11.5. The molecule has 0 saturated heterocycles. The Hall–Kier alpha value is -3.54. The fourth-order valence-corrected chi connectivity index (χ4v) is 3.66. The Morgan fingerprint density at radius 3 is 1.94 bits per heavy atom. The first-order chi connectivity index (χ1) is 16.4. The van der Waals surface area contributed by atoms with Crippen molar-refractivity contribution in [1.82, 2.24) is 10.2 Å². The summed E-state index contributed by atoms with van der Waals surface area (Å²) in [5.74, 6) is -1.26. The van der Waals surface area contributed by atoms with Gasteiger partial charge in [0.05, 0.1) is 6.42 Å². The first-order valence-electron chi connectivity index (χ1n) is 11.5. The molecule has 0 unspecified atom stereocenters. The molecular weight excluding hydrogens is 434 g/mol. The van der Waals surface area contributed by atoms with E-state index in [1.807, 2.05) is 44.2 Å². The highest BCUT2D eigenvalue weighted by molar-refractivity contribution is 5.89. The lowest BCUT2D eigenvalue weighted by molar-refractivity contribution is -0.141. The van der Waals surface area contributed by atoms with E-state index in [0.29, 0.717) is 17.5 Å². The molecule has 0 saturated carbocycles. The molecule has 0 aliphatic rings. The van der Waals surface area contributed by atoms with Gasteiger partial charge in [0.25, 0.3) is 0 Å². The molecule has 4 nitrogen and oxygen atoms in total. The smallest absolute Gasteiger partial charge is 0.243 e. The van der Waals surface area contributed by atoms with Crippen LogP contribution in [0.1, 0.15) is 37.0 Å². The van der Waals surface area contributed by atoms with Crippen LogP contribution < -0.4 is 5.32 Å². The van der Waals surface area contributed by atoms with Crippen molar-refractivity contribution in [1.29, 1.82) is 0 Å². The van der Waals surface area contributed by atoms with Gasteiger partial charge in [-0.3, -0.25) is 9.59 Å². The Morgan fingerprint density at radius 2 is 1.38 bits per heavy atom. The number of hydrogen-bond acceptors (Lipinski definition) is 2. The van der Waals surface area contributed by atoms with E-state index in [1.54, 1.807) is 29.2 Å². The zero-order valence-electron chi connectivity index (χ0n) is 19.5. The van der Waals surface area contributed by atoms with Crippen LogP contribution in [0, 0.1) is 11.6 Å². The number of hydrogen-bond donors (Lipinski definition) is 1. The standard InChI is InChI=1S/C28H30F2N2O2/c1-3-20(2)31-28(34)26(17-21-7-5-4-6-8-21)32(19-23-11-15-25(30)16-12-23)27(33)18-22-9-13-24(29)14-10-22/h4-16,20,26H,3,17-19H2,1-2H3,(H,31,34)/t20-,26+/m1/s1. The zero-order valence-corrected chi connectivity index (χ0v) is 19.5. The van der Waals surface area contributed by atoms with Crippen LogP contribution in [0.15, 0.2) is 78.9 Å². The second-order valence-corrected chi connectivity index (χ2v) is 8.47. The van der Waals surface area contributed by atoms with Gasteiger partial charge < -0.3 is 10.2 Å². The lowest BCUT2D eigenvalue weighted by atomic mass is 10.0. The topological polar surface area (TPSA) is 49.4 Å². The number of carbonyl (C=O) groups excluding carboxylic acids is 2. The number of amides is 2. The molecule has 0 radical (unpaired) electrons. The van der Waals surface area contributed by atoms with Crippen molar-refractivity contribution < 1.29 is 18.4 Å². The zero-order chi connectivity index (χ0) is 24.5. The van der Waals surface area contributed by atoms with Gasteiger partial charge in [0, 0.05) is 19.0 Å². The first kappa shape index (κ1) is 25.1. The minimum Gasteiger partial charge on any atom is -0.352 e. The van der Waals surface area contributed by atoms with Crippen LogP contribution >= 0.6 is 0 Å². The predicted molar refractivity (Wildman–Crippen MR) is 129 cm³/mol. The van der Waals surface area contributed by atoms with E-state index in [-0.39, 0.29) is 42.5 Å².